The molecule has 0 fully saturated rings. The van der Waals surface area contributed by atoms with Crippen LogP contribution in [0.1, 0.15) is 23.0 Å². The van der Waals surface area contributed by atoms with Crippen LogP contribution in [-0.4, -0.2) is 11.8 Å². The van der Waals surface area contributed by atoms with Gasteiger partial charge in [-0.2, -0.15) is 0 Å². The molecule has 0 unspecified atom stereocenters. The highest BCUT2D eigenvalue weighted by Gasteiger charge is 2.14. The fourth-order valence-electron chi connectivity index (χ4n) is 2.42. The van der Waals surface area contributed by atoms with Gasteiger partial charge < -0.3 is 15.1 Å². The SMILES string of the molecule is CC(=O)Nc1ccc(NC(=O)c2cc(=O)c3cc(Cl)c(C)cc3o2)cc1. The number of benzene rings is 2. The first-order chi connectivity index (χ1) is 12.3. The molecule has 7 heteroatoms. The zero-order chi connectivity index (χ0) is 18.8. The van der Waals surface area contributed by atoms with Crippen molar-refractivity contribution in [3.8, 4) is 0 Å². The van der Waals surface area contributed by atoms with Crippen molar-refractivity contribution in [2.45, 2.75) is 13.8 Å². The summed E-state index contributed by atoms with van der Waals surface area (Å²) in [4.78, 5) is 35.6. The second-order valence-electron chi connectivity index (χ2n) is 5.79. The van der Waals surface area contributed by atoms with Crippen molar-refractivity contribution >= 4 is 45.8 Å². The third-order valence-corrected chi connectivity index (χ3v) is 4.10. The van der Waals surface area contributed by atoms with Crippen LogP contribution in [0.5, 0.6) is 0 Å². The summed E-state index contributed by atoms with van der Waals surface area (Å²) in [5.74, 6) is -0.839. The fraction of sp³-hybridized carbons (Fsp3) is 0.105. The minimum atomic E-state index is -0.552. The van der Waals surface area contributed by atoms with E-state index in [1.807, 2.05) is 0 Å². The zero-order valence-corrected chi connectivity index (χ0v) is 14.8. The second-order valence-corrected chi connectivity index (χ2v) is 6.19. The smallest absolute Gasteiger partial charge is 0.291 e. The second kappa shape index (κ2) is 7.01. The van der Waals surface area contributed by atoms with Crippen LogP contribution in [0.3, 0.4) is 0 Å². The lowest BCUT2D eigenvalue weighted by molar-refractivity contribution is -0.114. The van der Waals surface area contributed by atoms with E-state index >= 15 is 0 Å². The van der Waals surface area contributed by atoms with Gasteiger partial charge in [0.2, 0.25) is 5.91 Å². The summed E-state index contributed by atoms with van der Waals surface area (Å²) in [7, 11) is 0. The van der Waals surface area contributed by atoms with Crippen LogP contribution in [0.25, 0.3) is 11.0 Å². The molecular formula is C19H15ClN2O4. The molecule has 0 saturated heterocycles. The summed E-state index contributed by atoms with van der Waals surface area (Å²) in [5.41, 5.74) is 1.80. The van der Waals surface area contributed by atoms with E-state index in [0.29, 0.717) is 27.4 Å². The number of aryl methyl sites for hydroxylation is 1. The first kappa shape index (κ1) is 17.7. The van der Waals surface area contributed by atoms with Gasteiger partial charge in [-0.05, 0) is 48.9 Å². The van der Waals surface area contributed by atoms with Crippen molar-refractivity contribution in [2.24, 2.45) is 0 Å². The van der Waals surface area contributed by atoms with Gasteiger partial charge in [0.25, 0.3) is 5.91 Å². The van der Waals surface area contributed by atoms with Crippen LogP contribution in [0.2, 0.25) is 5.02 Å². The maximum atomic E-state index is 12.4. The Bertz CT molecular complexity index is 1070. The predicted octanol–water partition coefficient (Wildman–Crippen LogP) is 3.97. The average molecular weight is 371 g/mol. The van der Waals surface area contributed by atoms with E-state index in [2.05, 4.69) is 10.6 Å². The molecule has 1 aromatic heterocycles. The summed E-state index contributed by atoms with van der Waals surface area (Å²) < 4.78 is 5.56. The van der Waals surface area contributed by atoms with Gasteiger partial charge in [-0.15, -0.1) is 0 Å². The Balaban J connectivity index is 1.87. The maximum absolute atomic E-state index is 12.4. The summed E-state index contributed by atoms with van der Waals surface area (Å²) >= 11 is 6.03. The number of fused-ring (bicyclic) bond motifs is 1. The first-order valence-electron chi connectivity index (χ1n) is 7.76. The van der Waals surface area contributed by atoms with Gasteiger partial charge in [-0.3, -0.25) is 14.4 Å². The van der Waals surface area contributed by atoms with Crippen molar-refractivity contribution in [1.29, 1.82) is 0 Å². The maximum Gasteiger partial charge on any atom is 0.291 e. The van der Waals surface area contributed by atoms with Crippen LogP contribution in [0, 0.1) is 6.92 Å². The van der Waals surface area contributed by atoms with E-state index in [9.17, 15) is 14.4 Å². The predicted molar refractivity (Wildman–Crippen MR) is 101 cm³/mol. The van der Waals surface area contributed by atoms with Crippen molar-refractivity contribution < 1.29 is 14.0 Å². The molecule has 26 heavy (non-hydrogen) atoms. The third kappa shape index (κ3) is 3.75. The van der Waals surface area contributed by atoms with Gasteiger partial charge in [-0.25, -0.2) is 0 Å². The van der Waals surface area contributed by atoms with E-state index < -0.39 is 5.91 Å². The Morgan fingerprint density at radius 1 is 1.00 bits per heavy atom. The molecule has 0 bridgehead atoms. The van der Waals surface area contributed by atoms with Crippen LogP contribution in [0.4, 0.5) is 11.4 Å². The van der Waals surface area contributed by atoms with Gasteiger partial charge in [0.05, 0.1) is 5.39 Å². The molecule has 0 aliphatic rings. The van der Waals surface area contributed by atoms with Crippen molar-refractivity contribution in [3.05, 3.63) is 69.0 Å². The molecule has 3 aromatic rings. The lowest BCUT2D eigenvalue weighted by Crippen LogP contribution is -2.15. The molecular weight excluding hydrogens is 356 g/mol. The number of hydrogen-bond donors (Lipinski definition) is 2. The van der Waals surface area contributed by atoms with E-state index in [0.717, 1.165) is 11.6 Å². The molecule has 0 radical (unpaired) electrons. The largest absolute Gasteiger partial charge is 0.451 e. The zero-order valence-electron chi connectivity index (χ0n) is 14.1. The van der Waals surface area contributed by atoms with Gasteiger partial charge in [0, 0.05) is 29.4 Å². The molecule has 2 N–H and O–H groups in total. The summed E-state index contributed by atoms with van der Waals surface area (Å²) in [5, 5.41) is 6.05. The number of anilines is 2. The van der Waals surface area contributed by atoms with Crippen LogP contribution in [0.15, 0.2) is 51.7 Å². The molecule has 0 aliphatic heterocycles. The highest BCUT2D eigenvalue weighted by atomic mass is 35.5. The minimum Gasteiger partial charge on any atom is -0.451 e. The number of carbonyl (C=O) groups excluding carboxylic acids is 2. The Kier molecular flexibility index (Phi) is 4.77. The first-order valence-corrected chi connectivity index (χ1v) is 8.14. The van der Waals surface area contributed by atoms with Gasteiger partial charge >= 0.3 is 0 Å². The molecule has 0 spiro atoms. The monoisotopic (exact) mass is 370 g/mol. The van der Waals surface area contributed by atoms with E-state index in [1.54, 1.807) is 37.3 Å². The Hall–Kier alpha value is -3.12. The summed E-state index contributed by atoms with van der Waals surface area (Å²) in [6, 6.07) is 10.9. The topological polar surface area (TPSA) is 88.4 Å². The van der Waals surface area contributed by atoms with Gasteiger partial charge in [-0.1, -0.05) is 11.6 Å². The van der Waals surface area contributed by atoms with Crippen LogP contribution >= 0.6 is 11.6 Å². The van der Waals surface area contributed by atoms with Crippen LogP contribution < -0.4 is 16.1 Å². The van der Waals surface area contributed by atoms with E-state index in [-0.39, 0.29) is 17.1 Å². The molecule has 0 atom stereocenters. The van der Waals surface area contributed by atoms with Crippen LogP contribution in [-0.2, 0) is 4.79 Å². The highest BCUT2D eigenvalue weighted by molar-refractivity contribution is 6.32. The normalized spacial score (nSPS) is 10.6. The quantitative estimate of drug-likeness (QED) is 0.730. The number of halogens is 1. The molecule has 132 valence electrons. The summed E-state index contributed by atoms with van der Waals surface area (Å²) in [6.45, 7) is 3.19. The van der Waals surface area contributed by atoms with E-state index in [4.69, 9.17) is 16.0 Å². The Labute approximate surface area is 153 Å². The molecule has 0 aliphatic carbocycles. The number of nitrogens with one attached hydrogen (secondary N) is 2. The molecule has 1 heterocycles. The molecule has 2 amide bonds. The molecule has 3 rings (SSSR count). The average Bonchev–Trinajstić information content (AvgIpc) is 2.58. The third-order valence-electron chi connectivity index (χ3n) is 3.70. The standard InChI is InChI=1S/C19H15ClN2O4/c1-10-7-17-14(8-15(10)20)16(24)9-18(26-17)19(25)22-13-5-3-12(4-6-13)21-11(2)23/h3-9H,1-2H3,(H,21,23)(H,22,25). The van der Waals surface area contributed by atoms with Gasteiger partial charge in [0.15, 0.2) is 11.2 Å². The highest BCUT2D eigenvalue weighted by Crippen LogP contribution is 2.22. The molecule has 2 aromatic carbocycles. The molecule has 0 saturated carbocycles. The summed E-state index contributed by atoms with van der Waals surface area (Å²) in [6.07, 6.45) is 0. The fourth-order valence-corrected chi connectivity index (χ4v) is 2.59. The lowest BCUT2D eigenvalue weighted by atomic mass is 10.1. The van der Waals surface area contributed by atoms with Gasteiger partial charge in [0.1, 0.15) is 5.58 Å². The van der Waals surface area contributed by atoms with Crippen molar-refractivity contribution in [3.63, 3.8) is 0 Å². The number of hydrogen-bond acceptors (Lipinski definition) is 4. The number of carbonyl (C=O) groups is 2. The van der Waals surface area contributed by atoms with Crippen molar-refractivity contribution in [2.75, 3.05) is 10.6 Å². The number of amides is 2. The minimum absolute atomic E-state index is 0.102. The van der Waals surface area contributed by atoms with Crippen molar-refractivity contribution in [1.82, 2.24) is 0 Å². The number of rotatable bonds is 3. The Morgan fingerprint density at radius 3 is 2.23 bits per heavy atom. The molecule has 6 nitrogen and oxygen atoms in total. The Morgan fingerprint density at radius 2 is 1.62 bits per heavy atom. The lowest BCUT2D eigenvalue weighted by Gasteiger charge is -2.08. The van der Waals surface area contributed by atoms with E-state index in [1.165, 1.54) is 13.0 Å².